The summed E-state index contributed by atoms with van der Waals surface area (Å²) in [5, 5.41) is 0. The third-order valence-electron chi connectivity index (χ3n) is 7.73. The number of halogens is 5. The number of alkyl halides is 2. The molecule has 2 aromatic rings. The van der Waals surface area contributed by atoms with Crippen molar-refractivity contribution in [3.05, 3.63) is 59.4 Å². The highest BCUT2D eigenvalue weighted by Gasteiger charge is 2.62. The largest absolute Gasteiger partial charge is 0.378 e. The van der Waals surface area contributed by atoms with Crippen molar-refractivity contribution in [2.24, 2.45) is 5.41 Å². The van der Waals surface area contributed by atoms with Crippen molar-refractivity contribution < 1.29 is 39.9 Å². The molecule has 0 aromatic heterocycles. The highest BCUT2D eigenvalue weighted by molar-refractivity contribution is 7.89. The summed E-state index contributed by atoms with van der Waals surface area (Å²) in [4.78, 5) is 16.3. The van der Waals surface area contributed by atoms with Gasteiger partial charge in [-0.25, -0.2) is 31.1 Å². The average molecular weight is 560 g/mol. The van der Waals surface area contributed by atoms with E-state index in [0.717, 1.165) is 12.1 Å². The number of methoxy groups -OCH3 is 1. The monoisotopic (exact) mass is 559 g/mol. The molecule has 2 aliphatic heterocycles. The number of amides is 2. The van der Waals surface area contributed by atoms with Gasteiger partial charge in [-0.2, -0.15) is 8.78 Å². The van der Waals surface area contributed by atoms with E-state index in [9.17, 15) is 30.8 Å². The number of nitrogens with one attached hydrogen (secondary N) is 1. The first kappa shape index (κ1) is 26.8. The van der Waals surface area contributed by atoms with E-state index in [4.69, 9.17) is 4.74 Å². The lowest BCUT2D eigenvalue weighted by Crippen LogP contribution is -2.60. The molecule has 2 aromatic carbocycles. The Morgan fingerprint density at radius 2 is 1.79 bits per heavy atom. The minimum absolute atomic E-state index is 0.0407. The molecule has 1 aliphatic carbocycles. The molecule has 2 heterocycles. The van der Waals surface area contributed by atoms with Crippen LogP contribution in [0.2, 0.25) is 0 Å². The van der Waals surface area contributed by atoms with Gasteiger partial charge in [0.2, 0.25) is 0 Å². The Bertz CT molecular complexity index is 1330. The molecule has 0 radical (unpaired) electrons. The van der Waals surface area contributed by atoms with Gasteiger partial charge in [-0.15, -0.1) is 0 Å². The lowest BCUT2D eigenvalue weighted by Gasteiger charge is -2.42. The van der Waals surface area contributed by atoms with Crippen molar-refractivity contribution in [1.29, 1.82) is 0 Å². The molecule has 3 aliphatic rings. The van der Waals surface area contributed by atoms with Crippen LogP contribution in [0.25, 0.3) is 11.1 Å². The van der Waals surface area contributed by atoms with Gasteiger partial charge >= 0.3 is 11.8 Å². The van der Waals surface area contributed by atoms with Crippen molar-refractivity contribution in [3.8, 4) is 11.1 Å². The Hall–Kier alpha value is -2.77. The Morgan fingerprint density at radius 3 is 2.37 bits per heavy atom. The molecule has 1 saturated carbocycles. The van der Waals surface area contributed by atoms with Gasteiger partial charge in [0.15, 0.2) is 0 Å². The quantitative estimate of drug-likeness (QED) is 0.525. The first-order valence-electron chi connectivity index (χ1n) is 12.1. The number of urea groups is 1. The highest BCUT2D eigenvalue weighted by Crippen LogP contribution is 2.56. The number of hydrogen-bond donors (Lipinski definition) is 1. The summed E-state index contributed by atoms with van der Waals surface area (Å²) in [5.74, 6) is -6.26. The summed E-state index contributed by atoms with van der Waals surface area (Å²) in [6, 6.07) is 4.38. The number of sulfonamides is 1. The zero-order valence-electron chi connectivity index (χ0n) is 20.3. The third kappa shape index (κ3) is 4.87. The van der Waals surface area contributed by atoms with Gasteiger partial charge in [0.05, 0.1) is 31.3 Å². The first-order chi connectivity index (χ1) is 17.9. The fourth-order valence-corrected chi connectivity index (χ4v) is 6.33. The number of carbonyl (C=O) groups excluding carboxylic acids is 1. The number of benzene rings is 2. The number of rotatable bonds is 7. The van der Waals surface area contributed by atoms with Gasteiger partial charge < -0.3 is 14.5 Å². The van der Waals surface area contributed by atoms with Crippen molar-refractivity contribution in [1.82, 2.24) is 14.5 Å². The molecule has 38 heavy (non-hydrogen) atoms. The van der Waals surface area contributed by atoms with Crippen molar-refractivity contribution in [2.45, 2.75) is 43.2 Å². The fourth-order valence-electron chi connectivity index (χ4n) is 5.46. The van der Waals surface area contributed by atoms with Crippen LogP contribution >= 0.6 is 0 Å². The fraction of sp³-hybridized carbons (Fsp3) is 0.480. The maximum atomic E-state index is 15.7. The van der Waals surface area contributed by atoms with Crippen LogP contribution in [0.1, 0.15) is 18.4 Å². The van der Waals surface area contributed by atoms with Crippen molar-refractivity contribution in [2.75, 3.05) is 26.7 Å². The van der Waals surface area contributed by atoms with Crippen molar-refractivity contribution in [3.63, 3.8) is 0 Å². The molecule has 2 amide bonds. The molecule has 1 N–H and O–H groups in total. The van der Waals surface area contributed by atoms with E-state index in [1.807, 2.05) is 0 Å². The predicted molar refractivity (Wildman–Crippen MR) is 127 cm³/mol. The minimum atomic E-state index is -5.01. The smallest absolute Gasteiger partial charge is 0.350 e. The van der Waals surface area contributed by atoms with Gasteiger partial charge in [0.25, 0.3) is 10.0 Å². The van der Waals surface area contributed by atoms with E-state index in [1.165, 1.54) is 35.1 Å². The van der Waals surface area contributed by atoms with Crippen LogP contribution in [-0.4, -0.2) is 74.9 Å². The maximum absolute atomic E-state index is 15.7. The molecule has 7 nitrogen and oxygen atoms in total. The molecule has 5 rings (SSSR count). The lowest BCUT2D eigenvalue weighted by atomic mass is 9.91. The molecule has 2 saturated heterocycles. The lowest BCUT2D eigenvalue weighted by molar-refractivity contribution is -0.0166. The first-order valence-corrected chi connectivity index (χ1v) is 13.6. The van der Waals surface area contributed by atoms with E-state index in [-0.39, 0.29) is 35.8 Å². The van der Waals surface area contributed by atoms with Gasteiger partial charge in [-0.1, -0.05) is 18.2 Å². The number of likely N-dealkylation sites (tertiary alicyclic amines) is 2. The Labute approximate surface area is 216 Å². The zero-order chi connectivity index (χ0) is 27.4. The third-order valence-corrected chi connectivity index (χ3v) is 8.78. The van der Waals surface area contributed by atoms with E-state index in [0.29, 0.717) is 32.0 Å². The highest BCUT2D eigenvalue weighted by atomic mass is 32.2. The van der Waals surface area contributed by atoms with Crippen LogP contribution in [0.5, 0.6) is 0 Å². The van der Waals surface area contributed by atoms with Crippen LogP contribution < -0.4 is 4.72 Å². The summed E-state index contributed by atoms with van der Waals surface area (Å²) < 4.78 is 102. The van der Waals surface area contributed by atoms with Gasteiger partial charge in [0.1, 0.15) is 17.5 Å². The van der Waals surface area contributed by atoms with Crippen LogP contribution in [0.15, 0.2) is 36.4 Å². The molecule has 1 spiro atoms. The second-order valence-electron chi connectivity index (χ2n) is 10.1. The normalized spacial score (nSPS) is 22.8. The summed E-state index contributed by atoms with van der Waals surface area (Å²) in [6.45, 7) is 0.749. The molecule has 13 heteroatoms. The molecule has 3 fully saturated rings. The average Bonchev–Trinajstić information content (AvgIpc) is 3.54. The Morgan fingerprint density at radius 1 is 1.13 bits per heavy atom. The second kappa shape index (κ2) is 9.76. The summed E-state index contributed by atoms with van der Waals surface area (Å²) in [7, 11) is -3.50. The zero-order valence-corrected chi connectivity index (χ0v) is 21.2. The maximum Gasteiger partial charge on any atom is 0.350 e. The van der Waals surface area contributed by atoms with Crippen molar-refractivity contribution >= 4 is 16.1 Å². The summed E-state index contributed by atoms with van der Waals surface area (Å²) in [5.41, 5.74) is -0.824. The number of carbonyl (C=O) groups is 1. The van der Waals surface area contributed by atoms with Crippen LogP contribution in [0.3, 0.4) is 0 Å². The summed E-state index contributed by atoms with van der Waals surface area (Å²) >= 11 is 0. The topological polar surface area (TPSA) is 79.0 Å². The molecule has 206 valence electrons. The van der Waals surface area contributed by atoms with E-state index >= 15 is 4.39 Å². The Balaban J connectivity index is 1.50. The predicted octanol–water partition coefficient (Wildman–Crippen LogP) is 3.74. The summed E-state index contributed by atoms with van der Waals surface area (Å²) in [6.07, 6.45) is 0.664. The van der Waals surface area contributed by atoms with E-state index in [2.05, 4.69) is 4.72 Å². The second-order valence-corrected chi connectivity index (χ2v) is 11.8. The van der Waals surface area contributed by atoms with Crippen LogP contribution in [0.4, 0.5) is 26.7 Å². The molecule has 0 unspecified atom stereocenters. The minimum Gasteiger partial charge on any atom is -0.378 e. The van der Waals surface area contributed by atoms with Crippen LogP contribution in [0, 0.1) is 22.9 Å². The number of hydrogen-bond acceptors (Lipinski definition) is 4. The van der Waals surface area contributed by atoms with Crippen LogP contribution in [-0.2, 0) is 21.2 Å². The molecular formula is C25H26F5N3O4S. The van der Waals surface area contributed by atoms with Gasteiger partial charge in [0, 0.05) is 30.7 Å². The number of ether oxygens (including phenoxy) is 1. The molecule has 0 bridgehead atoms. The standard InChI is InChI=1S/C25H26F5N3O4S/c1-37-18-11-32(12-18)24(34)33-13-25(5-6-25)22(31-38(35,36)23(29)30)20(33)9-14-3-2-4-19(21(14)28)15-7-16(26)10-17(27)8-15/h2-4,7-8,10,18,20,22-23,31H,5-6,9,11-13H2,1H3/t20-,22+/m0/s1. The van der Waals surface area contributed by atoms with Gasteiger partial charge in [-0.05, 0) is 42.5 Å². The number of nitrogens with zero attached hydrogens (tertiary/aromatic N) is 2. The van der Waals surface area contributed by atoms with E-state index < -0.39 is 56.8 Å². The SMILES string of the molecule is COC1CN(C(=O)N2CC3(CC3)[C@H](NS(=O)(=O)C(F)F)[C@@H]2Cc2cccc(-c3cc(F)cc(F)c3)c2F)C1. The Kier molecular flexibility index (Phi) is 6.89. The molecule has 2 atom stereocenters. The van der Waals surface area contributed by atoms with E-state index in [1.54, 1.807) is 0 Å². The molecular weight excluding hydrogens is 533 g/mol. The van der Waals surface area contributed by atoms with Gasteiger partial charge in [-0.3, -0.25) is 0 Å².